The molecule has 1 aliphatic carbocycles. The van der Waals surface area contributed by atoms with Gasteiger partial charge in [0.05, 0.1) is 16.8 Å². The molecule has 2 aromatic rings. The Kier molecular flexibility index (Phi) is 4.34. The molecule has 1 saturated carbocycles. The molecule has 1 heterocycles. The zero-order valence-electron chi connectivity index (χ0n) is 12.1. The minimum Gasteiger partial charge on any atom is -0.330 e. The van der Waals surface area contributed by atoms with E-state index in [1.54, 1.807) is 0 Å². The number of nitrogens with zero attached hydrogens (tertiary/aromatic N) is 2. The van der Waals surface area contributed by atoms with Crippen molar-refractivity contribution < 1.29 is 0 Å². The summed E-state index contributed by atoms with van der Waals surface area (Å²) in [5.41, 5.74) is 7.07. The second-order valence-corrected chi connectivity index (χ2v) is 6.95. The molecule has 2 atom stereocenters. The van der Waals surface area contributed by atoms with Crippen LogP contribution in [-0.2, 0) is 6.54 Å². The third-order valence-corrected chi connectivity index (χ3v) is 5.48. The normalized spacial score (nSPS) is 23.6. The van der Waals surface area contributed by atoms with Gasteiger partial charge in [-0.15, -0.1) is 11.3 Å². The lowest BCUT2D eigenvalue weighted by atomic mass is 9.84. The number of hydrogen-bond acceptors (Lipinski definition) is 4. The second-order valence-electron chi connectivity index (χ2n) is 5.84. The number of hydrogen-bond donors (Lipinski definition) is 1. The maximum atomic E-state index is 5.95. The van der Waals surface area contributed by atoms with Crippen molar-refractivity contribution in [3.8, 4) is 0 Å². The summed E-state index contributed by atoms with van der Waals surface area (Å²) in [5.74, 6) is 0.656. The second kappa shape index (κ2) is 6.20. The van der Waals surface area contributed by atoms with Gasteiger partial charge in [0.1, 0.15) is 5.01 Å². The lowest BCUT2D eigenvalue weighted by Gasteiger charge is -2.37. The zero-order chi connectivity index (χ0) is 13.9. The molecular formula is C16H23N3S. The molecule has 0 amide bonds. The van der Waals surface area contributed by atoms with Crippen molar-refractivity contribution in [3.05, 3.63) is 29.3 Å². The number of fused-ring (bicyclic) bond motifs is 1. The topological polar surface area (TPSA) is 42.2 Å². The highest BCUT2D eigenvalue weighted by Gasteiger charge is 2.27. The third-order valence-electron chi connectivity index (χ3n) is 4.46. The largest absolute Gasteiger partial charge is 0.330 e. The van der Waals surface area contributed by atoms with Crippen LogP contribution in [0.3, 0.4) is 0 Å². The Bertz CT molecular complexity index is 533. The van der Waals surface area contributed by atoms with Crippen LogP contribution in [0.25, 0.3) is 10.2 Å². The van der Waals surface area contributed by atoms with Gasteiger partial charge in [-0.25, -0.2) is 4.98 Å². The molecule has 1 aromatic carbocycles. The van der Waals surface area contributed by atoms with Crippen LogP contribution in [0.4, 0.5) is 0 Å². The lowest BCUT2D eigenvalue weighted by Crippen LogP contribution is -2.42. The van der Waals surface area contributed by atoms with E-state index in [0.717, 1.165) is 18.6 Å². The standard InChI is InChI=1S/C16H23N3S/c1-19(14-8-4-2-6-12(14)10-17)11-16-18-13-7-3-5-9-15(13)20-16/h3,5,7,9,12,14H,2,4,6,8,10-11,17H2,1H3. The number of rotatable bonds is 4. The van der Waals surface area contributed by atoms with Crippen molar-refractivity contribution in [1.29, 1.82) is 0 Å². The van der Waals surface area contributed by atoms with Gasteiger partial charge >= 0.3 is 0 Å². The summed E-state index contributed by atoms with van der Waals surface area (Å²) in [6.07, 6.45) is 5.24. The Balaban J connectivity index is 1.72. The van der Waals surface area contributed by atoms with Crippen molar-refractivity contribution in [2.75, 3.05) is 13.6 Å². The summed E-state index contributed by atoms with van der Waals surface area (Å²) in [7, 11) is 2.23. The minimum absolute atomic E-state index is 0.626. The molecule has 108 valence electrons. The van der Waals surface area contributed by atoms with Gasteiger partial charge in [-0.2, -0.15) is 0 Å². The van der Waals surface area contributed by atoms with Crippen molar-refractivity contribution in [1.82, 2.24) is 9.88 Å². The fourth-order valence-corrected chi connectivity index (χ4v) is 4.39. The number of thiazole rings is 1. The predicted octanol–water partition coefficient (Wildman–Crippen LogP) is 3.25. The molecule has 20 heavy (non-hydrogen) atoms. The third kappa shape index (κ3) is 2.87. The van der Waals surface area contributed by atoms with Crippen molar-refractivity contribution >= 4 is 21.6 Å². The summed E-state index contributed by atoms with van der Waals surface area (Å²) in [6.45, 7) is 1.76. The maximum absolute atomic E-state index is 5.95. The highest BCUT2D eigenvalue weighted by Crippen LogP contribution is 2.29. The summed E-state index contributed by atoms with van der Waals surface area (Å²) in [4.78, 5) is 7.21. The fourth-order valence-electron chi connectivity index (χ4n) is 3.36. The Hall–Kier alpha value is -0.970. The molecule has 1 aromatic heterocycles. The molecule has 0 radical (unpaired) electrons. The van der Waals surface area contributed by atoms with Crippen LogP contribution in [0.5, 0.6) is 0 Å². The number of aromatic nitrogens is 1. The summed E-state index contributed by atoms with van der Waals surface area (Å²) in [6, 6.07) is 9.01. The highest BCUT2D eigenvalue weighted by atomic mass is 32.1. The number of nitrogens with two attached hydrogens (primary N) is 1. The number of benzene rings is 1. The molecule has 2 unspecified atom stereocenters. The van der Waals surface area contributed by atoms with Gasteiger partial charge in [0, 0.05) is 6.04 Å². The van der Waals surface area contributed by atoms with Crippen LogP contribution in [-0.4, -0.2) is 29.5 Å². The zero-order valence-corrected chi connectivity index (χ0v) is 12.9. The minimum atomic E-state index is 0.626. The Morgan fingerprint density at radius 2 is 2.10 bits per heavy atom. The molecule has 0 saturated heterocycles. The Morgan fingerprint density at radius 1 is 1.30 bits per heavy atom. The average Bonchev–Trinajstić information content (AvgIpc) is 2.89. The first-order valence-electron chi connectivity index (χ1n) is 7.52. The first-order valence-corrected chi connectivity index (χ1v) is 8.34. The van der Waals surface area contributed by atoms with E-state index in [4.69, 9.17) is 10.7 Å². The maximum Gasteiger partial charge on any atom is 0.108 e. The van der Waals surface area contributed by atoms with E-state index in [1.165, 1.54) is 35.4 Å². The van der Waals surface area contributed by atoms with E-state index >= 15 is 0 Å². The van der Waals surface area contributed by atoms with E-state index in [9.17, 15) is 0 Å². The monoisotopic (exact) mass is 289 g/mol. The van der Waals surface area contributed by atoms with Crippen LogP contribution in [0, 0.1) is 5.92 Å². The molecule has 3 rings (SSSR count). The van der Waals surface area contributed by atoms with E-state index < -0.39 is 0 Å². The van der Waals surface area contributed by atoms with Crippen molar-refractivity contribution in [2.24, 2.45) is 11.7 Å². The van der Waals surface area contributed by atoms with Crippen LogP contribution in [0.15, 0.2) is 24.3 Å². The predicted molar refractivity (Wildman–Crippen MR) is 85.9 cm³/mol. The molecule has 1 fully saturated rings. The van der Waals surface area contributed by atoms with Crippen LogP contribution in [0.1, 0.15) is 30.7 Å². The number of para-hydroxylation sites is 1. The summed E-state index contributed by atoms with van der Waals surface area (Å²) < 4.78 is 1.29. The fraction of sp³-hybridized carbons (Fsp3) is 0.562. The lowest BCUT2D eigenvalue weighted by molar-refractivity contribution is 0.127. The van der Waals surface area contributed by atoms with Gasteiger partial charge in [-0.1, -0.05) is 25.0 Å². The molecule has 0 aliphatic heterocycles. The van der Waals surface area contributed by atoms with Gasteiger partial charge in [-0.05, 0) is 44.5 Å². The van der Waals surface area contributed by atoms with E-state index in [1.807, 2.05) is 11.3 Å². The molecule has 3 nitrogen and oxygen atoms in total. The van der Waals surface area contributed by atoms with Crippen molar-refractivity contribution in [2.45, 2.75) is 38.3 Å². The highest BCUT2D eigenvalue weighted by molar-refractivity contribution is 7.18. The first-order chi connectivity index (χ1) is 9.78. The van der Waals surface area contributed by atoms with Gasteiger partial charge in [-0.3, -0.25) is 4.90 Å². The van der Waals surface area contributed by atoms with Crippen LogP contribution >= 0.6 is 11.3 Å². The van der Waals surface area contributed by atoms with Crippen molar-refractivity contribution in [3.63, 3.8) is 0 Å². The van der Waals surface area contributed by atoms with Crippen LogP contribution < -0.4 is 5.73 Å². The van der Waals surface area contributed by atoms with E-state index in [2.05, 4.69) is 36.2 Å². The van der Waals surface area contributed by atoms with Gasteiger partial charge in [0.2, 0.25) is 0 Å². The first kappa shape index (κ1) is 14.0. The SMILES string of the molecule is CN(Cc1nc2ccccc2s1)C1CCCCC1CN. The van der Waals surface area contributed by atoms with Crippen LogP contribution in [0.2, 0.25) is 0 Å². The van der Waals surface area contributed by atoms with E-state index in [0.29, 0.717) is 12.0 Å². The molecule has 0 bridgehead atoms. The average molecular weight is 289 g/mol. The summed E-state index contributed by atoms with van der Waals surface area (Å²) in [5, 5.41) is 1.22. The molecule has 2 N–H and O–H groups in total. The molecular weight excluding hydrogens is 266 g/mol. The molecule has 1 aliphatic rings. The Labute approximate surface area is 124 Å². The van der Waals surface area contributed by atoms with Gasteiger partial charge < -0.3 is 5.73 Å². The summed E-state index contributed by atoms with van der Waals surface area (Å²) >= 11 is 1.81. The van der Waals surface area contributed by atoms with Gasteiger partial charge in [0.15, 0.2) is 0 Å². The Morgan fingerprint density at radius 3 is 2.90 bits per heavy atom. The quantitative estimate of drug-likeness (QED) is 0.939. The smallest absolute Gasteiger partial charge is 0.108 e. The van der Waals surface area contributed by atoms with E-state index in [-0.39, 0.29) is 0 Å². The van der Waals surface area contributed by atoms with Gasteiger partial charge in [0.25, 0.3) is 0 Å². The molecule has 0 spiro atoms. The molecule has 4 heteroatoms.